The fraction of sp³-hybridized carbons (Fsp3) is 0.667. The van der Waals surface area contributed by atoms with Gasteiger partial charge >= 0.3 is 0 Å². The summed E-state index contributed by atoms with van der Waals surface area (Å²) in [6, 6.07) is 9.37. The minimum atomic E-state index is 0.892. The molecule has 2 bridgehead atoms. The van der Waals surface area contributed by atoms with Crippen molar-refractivity contribution < 1.29 is 14.5 Å². The van der Waals surface area contributed by atoms with Gasteiger partial charge in [0, 0.05) is 18.8 Å². The van der Waals surface area contributed by atoms with Gasteiger partial charge in [-0.15, -0.1) is 0 Å². The zero-order valence-corrected chi connectivity index (χ0v) is 17.4. The van der Waals surface area contributed by atoms with E-state index >= 15 is 0 Å². The number of nitrogens with one attached hydrogen (secondary N) is 2. The van der Waals surface area contributed by atoms with Gasteiger partial charge in [0.2, 0.25) is 0 Å². The molecule has 4 nitrogen and oxygen atoms in total. The molecule has 2 saturated heterocycles. The van der Waals surface area contributed by atoms with E-state index in [2.05, 4.69) is 41.3 Å². The highest BCUT2D eigenvalue weighted by atomic mass is 16.5. The Labute approximate surface area is 170 Å². The van der Waals surface area contributed by atoms with Crippen LogP contribution in [0.5, 0.6) is 5.75 Å². The smallest absolute Gasteiger partial charge is 0.142 e. The maximum absolute atomic E-state index is 5.57. The Bertz CT molecular complexity index is 689. The lowest BCUT2D eigenvalue weighted by atomic mass is 9.92. The largest absolute Gasteiger partial charge is 0.495 e. The van der Waals surface area contributed by atoms with E-state index in [1.165, 1.54) is 64.1 Å². The standard InChI is InChI=1S/C24H35N3O/c1-28-24-5-3-2-4-23(24)27-14-12-26(13-15-27)22-8-10-25(11-9-22)18-21-17-19-6-7-20(21)16-19/h2-7,19-22H,8-18H2,1H3/p+2/t19-,20+,21-/m1/s1. The molecule has 3 fully saturated rings. The van der Waals surface area contributed by atoms with E-state index in [1.807, 2.05) is 9.80 Å². The molecule has 0 spiro atoms. The summed E-state index contributed by atoms with van der Waals surface area (Å²) in [5, 5.41) is 0. The molecule has 1 aromatic carbocycles. The van der Waals surface area contributed by atoms with Crippen LogP contribution in [0.25, 0.3) is 0 Å². The SMILES string of the molecule is COc1ccccc1N1CC[NH+](C2CC[NH+](C[C@H]3C[C@@H]4C=C[C@H]3C4)CC2)CC1. The molecule has 4 heteroatoms. The number of allylic oxidation sites excluding steroid dienone is 2. The Balaban J connectivity index is 1.09. The van der Waals surface area contributed by atoms with Crippen molar-refractivity contribution in [1.82, 2.24) is 0 Å². The lowest BCUT2D eigenvalue weighted by Gasteiger charge is -2.40. The van der Waals surface area contributed by atoms with Crippen molar-refractivity contribution in [2.24, 2.45) is 17.8 Å². The Morgan fingerprint density at radius 1 is 1.00 bits per heavy atom. The van der Waals surface area contributed by atoms with E-state index in [-0.39, 0.29) is 0 Å². The predicted octanol–water partition coefficient (Wildman–Crippen LogP) is 0.660. The Morgan fingerprint density at radius 3 is 2.46 bits per heavy atom. The van der Waals surface area contributed by atoms with E-state index in [9.17, 15) is 0 Å². The van der Waals surface area contributed by atoms with Crippen molar-refractivity contribution in [2.45, 2.75) is 31.7 Å². The summed E-state index contributed by atoms with van der Waals surface area (Å²) in [6.45, 7) is 9.10. The average Bonchev–Trinajstić information content (AvgIpc) is 3.38. The van der Waals surface area contributed by atoms with Gasteiger partial charge in [0.05, 0.1) is 64.7 Å². The molecular weight excluding hydrogens is 346 g/mol. The normalized spacial score (nSPS) is 35.5. The zero-order valence-electron chi connectivity index (χ0n) is 17.4. The van der Waals surface area contributed by atoms with Crippen LogP contribution >= 0.6 is 0 Å². The maximum atomic E-state index is 5.57. The molecule has 0 aromatic heterocycles. The summed E-state index contributed by atoms with van der Waals surface area (Å²) < 4.78 is 5.57. The van der Waals surface area contributed by atoms with Gasteiger partial charge in [-0.2, -0.15) is 0 Å². The van der Waals surface area contributed by atoms with Gasteiger partial charge in [0.25, 0.3) is 0 Å². The van der Waals surface area contributed by atoms with Crippen molar-refractivity contribution in [3.8, 4) is 5.75 Å². The number of fused-ring (bicyclic) bond motifs is 2. The lowest BCUT2D eigenvalue weighted by Crippen LogP contribution is -3.22. The highest BCUT2D eigenvalue weighted by Gasteiger charge is 2.39. The van der Waals surface area contributed by atoms with Crippen LogP contribution in [-0.4, -0.2) is 59.0 Å². The quantitative estimate of drug-likeness (QED) is 0.729. The average molecular weight is 384 g/mol. The van der Waals surface area contributed by atoms with Crippen LogP contribution in [0.1, 0.15) is 25.7 Å². The van der Waals surface area contributed by atoms with Crippen molar-refractivity contribution in [1.29, 1.82) is 0 Å². The maximum Gasteiger partial charge on any atom is 0.142 e. The molecule has 1 saturated carbocycles. The monoisotopic (exact) mass is 383 g/mol. The van der Waals surface area contributed by atoms with Crippen molar-refractivity contribution in [3.63, 3.8) is 0 Å². The zero-order chi connectivity index (χ0) is 18.9. The molecule has 152 valence electrons. The van der Waals surface area contributed by atoms with Gasteiger partial charge in [-0.05, 0) is 36.8 Å². The molecule has 0 unspecified atom stereocenters. The van der Waals surface area contributed by atoms with Crippen molar-refractivity contribution in [2.75, 3.05) is 57.8 Å². The number of quaternary nitrogens is 2. The number of hydrogen-bond donors (Lipinski definition) is 2. The minimum Gasteiger partial charge on any atom is -0.495 e. The number of hydrogen-bond acceptors (Lipinski definition) is 2. The second-order valence-electron chi connectivity index (χ2n) is 9.59. The van der Waals surface area contributed by atoms with Crippen LogP contribution in [0.2, 0.25) is 0 Å². The minimum absolute atomic E-state index is 0.892. The summed E-state index contributed by atoms with van der Waals surface area (Å²) in [4.78, 5) is 6.27. The summed E-state index contributed by atoms with van der Waals surface area (Å²) in [5.41, 5.74) is 1.27. The van der Waals surface area contributed by atoms with E-state index in [1.54, 1.807) is 7.11 Å². The first-order valence-electron chi connectivity index (χ1n) is 11.5. The van der Waals surface area contributed by atoms with Gasteiger partial charge in [-0.25, -0.2) is 0 Å². The first-order valence-corrected chi connectivity index (χ1v) is 11.5. The molecular formula is C24H37N3O+2. The third-order valence-corrected chi connectivity index (χ3v) is 8.07. The Morgan fingerprint density at radius 2 is 1.79 bits per heavy atom. The number of nitrogens with zero attached hydrogens (tertiary/aromatic N) is 1. The molecule has 4 aliphatic rings. The number of likely N-dealkylation sites (tertiary alicyclic amines) is 1. The van der Waals surface area contributed by atoms with Crippen molar-refractivity contribution >= 4 is 5.69 Å². The third kappa shape index (κ3) is 3.69. The molecule has 2 aliphatic carbocycles. The highest BCUT2D eigenvalue weighted by molar-refractivity contribution is 5.58. The molecule has 28 heavy (non-hydrogen) atoms. The second-order valence-corrected chi connectivity index (χ2v) is 9.59. The van der Waals surface area contributed by atoms with Gasteiger partial charge in [0.15, 0.2) is 0 Å². The van der Waals surface area contributed by atoms with Crippen molar-refractivity contribution in [3.05, 3.63) is 36.4 Å². The fourth-order valence-corrected chi connectivity index (χ4v) is 6.47. The lowest BCUT2D eigenvalue weighted by molar-refractivity contribution is -0.959. The van der Waals surface area contributed by atoms with E-state index in [0.717, 1.165) is 42.6 Å². The molecule has 1 aromatic rings. The number of para-hydroxylation sites is 2. The molecule has 2 N–H and O–H groups in total. The van der Waals surface area contributed by atoms with E-state index < -0.39 is 0 Å². The number of piperazine rings is 1. The number of benzene rings is 1. The predicted molar refractivity (Wildman–Crippen MR) is 113 cm³/mol. The Hall–Kier alpha value is -1.52. The Kier molecular flexibility index (Phi) is 5.34. The van der Waals surface area contributed by atoms with Gasteiger partial charge in [0.1, 0.15) is 5.75 Å². The summed E-state index contributed by atoms with van der Waals surface area (Å²) in [6.07, 6.45) is 10.8. The number of methoxy groups -OCH3 is 1. The summed E-state index contributed by atoms with van der Waals surface area (Å²) in [5.74, 6) is 3.84. The molecule has 0 radical (unpaired) electrons. The van der Waals surface area contributed by atoms with Crippen LogP contribution in [0, 0.1) is 17.8 Å². The van der Waals surface area contributed by atoms with Gasteiger partial charge in [-0.1, -0.05) is 24.3 Å². The van der Waals surface area contributed by atoms with E-state index in [4.69, 9.17) is 4.74 Å². The molecule has 3 atom stereocenters. The topological polar surface area (TPSA) is 21.4 Å². The van der Waals surface area contributed by atoms with Crippen LogP contribution in [0.3, 0.4) is 0 Å². The number of piperidine rings is 1. The van der Waals surface area contributed by atoms with Gasteiger partial charge in [-0.3, -0.25) is 0 Å². The van der Waals surface area contributed by atoms with Gasteiger partial charge < -0.3 is 19.4 Å². The molecule has 0 amide bonds. The van der Waals surface area contributed by atoms with Crippen LogP contribution in [-0.2, 0) is 0 Å². The molecule has 2 heterocycles. The number of ether oxygens (including phenoxy) is 1. The van der Waals surface area contributed by atoms with Crippen LogP contribution < -0.4 is 19.4 Å². The molecule has 5 rings (SSSR count). The number of rotatable bonds is 5. The van der Waals surface area contributed by atoms with Crippen LogP contribution in [0.15, 0.2) is 36.4 Å². The second kappa shape index (κ2) is 8.08. The number of anilines is 1. The fourth-order valence-electron chi connectivity index (χ4n) is 6.47. The first kappa shape index (κ1) is 18.5. The third-order valence-electron chi connectivity index (χ3n) is 8.07. The summed E-state index contributed by atoms with van der Waals surface area (Å²) in [7, 11) is 1.78. The van der Waals surface area contributed by atoms with E-state index in [0.29, 0.717) is 0 Å². The highest BCUT2D eigenvalue weighted by Crippen LogP contribution is 2.42. The van der Waals surface area contributed by atoms with Crippen LogP contribution in [0.4, 0.5) is 5.69 Å². The molecule has 2 aliphatic heterocycles. The first-order chi connectivity index (χ1) is 13.8. The summed E-state index contributed by atoms with van der Waals surface area (Å²) >= 11 is 0.